The number of piperidine rings is 1. The number of fused-ring (bicyclic) bond motifs is 1. The Balaban J connectivity index is 0.00000187. The zero-order chi connectivity index (χ0) is 26.5. The monoisotopic (exact) mass is 612 g/mol. The highest BCUT2D eigenvalue weighted by Gasteiger charge is 2.47. The van der Waals surface area contributed by atoms with E-state index in [1.165, 1.54) is 0 Å². The van der Waals surface area contributed by atoms with Crippen molar-refractivity contribution >= 4 is 42.9 Å². The number of alkyl halides is 1. The lowest BCUT2D eigenvalue weighted by Crippen LogP contribution is -2.66. The van der Waals surface area contributed by atoms with Gasteiger partial charge in [-0.3, -0.25) is 0 Å². The van der Waals surface area contributed by atoms with Gasteiger partial charge in [0, 0.05) is 53.3 Å². The molecule has 0 bridgehead atoms. The number of imidazole rings is 1. The standard InChI is InChI=1S/C28H33FN6O2.3ClH/c1-7-17-10-19(15-35-14-16(2)31-26(17)35)18-11-21(36)24(30-13-18)20-8-9-23(33-32-20)37-22-12-27(3,4)34-28(5,6)25(22)29;;;/h8-11,13-15,22,25,34,36H,7,12H2,1-6H3;3*1H/t22-,25-;;;/m1.../s1. The Labute approximate surface area is 252 Å². The molecule has 0 aromatic carbocycles. The van der Waals surface area contributed by atoms with Crippen molar-refractivity contribution < 1.29 is 14.2 Å². The summed E-state index contributed by atoms with van der Waals surface area (Å²) in [6.07, 6.45) is 5.15. The first-order valence-electron chi connectivity index (χ1n) is 12.6. The highest BCUT2D eigenvalue weighted by molar-refractivity contribution is 5.86. The van der Waals surface area contributed by atoms with Crippen LogP contribution in [0.3, 0.4) is 0 Å². The van der Waals surface area contributed by atoms with Crippen LogP contribution >= 0.6 is 37.2 Å². The minimum absolute atomic E-state index is 0. The van der Waals surface area contributed by atoms with Crippen LogP contribution in [0.25, 0.3) is 28.2 Å². The van der Waals surface area contributed by atoms with Crippen LogP contribution in [0.5, 0.6) is 11.6 Å². The molecule has 1 fully saturated rings. The summed E-state index contributed by atoms with van der Waals surface area (Å²) in [7, 11) is 0. The van der Waals surface area contributed by atoms with Crippen molar-refractivity contribution in [2.45, 2.75) is 77.7 Å². The summed E-state index contributed by atoms with van der Waals surface area (Å²) < 4.78 is 23.0. The van der Waals surface area contributed by atoms with Crippen molar-refractivity contribution in [1.82, 2.24) is 29.9 Å². The lowest BCUT2D eigenvalue weighted by Gasteiger charge is -2.48. The van der Waals surface area contributed by atoms with Crippen LogP contribution in [0.4, 0.5) is 4.39 Å². The third-order valence-electron chi connectivity index (χ3n) is 6.87. The molecule has 2 N–H and O–H groups in total. The van der Waals surface area contributed by atoms with Crippen LogP contribution < -0.4 is 10.1 Å². The Bertz CT molecular complexity index is 1460. The average Bonchev–Trinajstić information content (AvgIpc) is 3.21. The van der Waals surface area contributed by atoms with E-state index in [0.717, 1.165) is 34.5 Å². The molecule has 4 aromatic rings. The molecule has 4 aromatic heterocycles. The normalized spacial score (nSPS) is 19.2. The number of hydrogen-bond donors (Lipinski definition) is 2. The first-order chi connectivity index (χ1) is 17.5. The van der Waals surface area contributed by atoms with Crippen molar-refractivity contribution in [3.05, 3.63) is 54.1 Å². The van der Waals surface area contributed by atoms with E-state index in [1.54, 1.807) is 24.4 Å². The second kappa shape index (κ2) is 12.4. The van der Waals surface area contributed by atoms with Gasteiger partial charge >= 0.3 is 0 Å². The second-order valence-corrected chi connectivity index (χ2v) is 11.1. The van der Waals surface area contributed by atoms with Gasteiger partial charge in [-0.2, -0.15) is 0 Å². The number of nitrogens with one attached hydrogen (secondary N) is 1. The Kier molecular flexibility index (Phi) is 10.4. The summed E-state index contributed by atoms with van der Waals surface area (Å²) in [4.78, 5) is 9.08. The molecule has 1 saturated heterocycles. The summed E-state index contributed by atoms with van der Waals surface area (Å²) >= 11 is 0. The van der Waals surface area contributed by atoms with Gasteiger partial charge in [0.1, 0.15) is 28.9 Å². The molecule has 5 heterocycles. The van der Waals surface area contributed by atoms with Gasteiger partial charge in [0.2, 0.25) is 5.88 Å². The number of halogens is 4. The Hall–Kier alpha value is -2.72. The maximum atomic E-state index is 15.1. The van der Waals surface area contributed by atoms with Crippen molar-refractivity contribution in [2.75, 3.05) is 0 Å². The molecule has 2 atom stereocenters. The number of aromatic nitrogens is 5. The Morgan fingerprint density at radius 1 is 1.07 bits per heavy atom. The van der Waals surface area contributed by atoms with Crippen LogP contribution in [0, 0.1) is 6.92 Å². The number of pyridine rings is 2. The fraction of sp³-hybridized carbons (Fsp3) is 0.429. The number of rotatable bonds is 5. The lowest BCUT2D eigenvalue weighted by atomic mass is 9.79. The molecule has 0 radical (unpaired) electrons. The summed E-state index contributed by atoms with van der Waals surface area (Å²) in [6, 6.07) is 7.05. The number of aromatic hydroxyl groups is 1. The van der Waals surface area contributed by atoms with Crippen LogP contribution in [0.2, 0.25) is 0 Å². The first-order valence-corrected chi connectivity index (χ1v) is 12.6. The molecule has 0 aliphatic carbocycles. The maximum Gasteiger partial charge on any atom is 0.233 e. The molecule has 12 heteroatoms. The molecule has 5 rings (SSSR count). The molecule has 0 amide bonds. The zero-order valence-electron chi connectivity index (χ0n) is 23.3. The zero-order valence-corrected chi connectivity index (χ0v) is 25.8. The smallest absolute Gasteiger partial charge is 0.233 e. The largest absolute Gasteiger partial charge is 0.506 e. The van der Waals surface area contributed by atoms with E-state index in [9.17, 15) is 5.11 Å². The van der Waals surface area contributed by atoms with Crippen molar-refractivity contribution in [1.29, 1.82) is 0 Å². The summed E-state index contributed by atoms with van der Waals surface area (Å²) in [5, 5.41) is 22.5. The molecule has 1 aliphatic rings. The SMILES string of the molecule is CCc1cc(-c2cnc(-c3ccc(O[C@@H]4CC(C)(C)NC(C)(C)[C@@H]4F)nn3)c(O)c2)cn2cc(C)nc12.Cl.Cl.Cl. The third kappa shape index (κ3) is 6.60. The van der Waals surface area contributed by atoms with Gasteiger partial charge in [-0.1, -0.05) is 6.92 Å². The molecule has 0 unspecified atom stereocenters. The minimum atomic E-state index is -1.21. The first kappa shape index (κ1) is 33.5. The van der Waals surface area contributed by atoms with Gasteiger partial charge in [0.25, 0.3) is 0 Å². The van der Waals surface area contributed by atoms with Crippen LogP contribution in [-0.4, -0.2) is 53.0 Å². The lowest BCUT2D eigenvalue weighted by molar-refractivity contribution is -0.0281. The summed E-state index contributed by atoms with van der Waals surface area (Å²) in [5.41, 5.74) is 4.42. The van der Waals surface area contributed by atoms with E-state index in [0.29, 0.717) is 17.8 Å². The Morgan fingerprint density at radius 3 is 2.42 bits per heavy atom. The number of aryl methyl sites for hydroxylation is 2. The van der Waals surface area contributed by atoms with Crippen molar-refractivity contribution in [3.8, 4) is 34.1 Å². The van der Waals surface area contributed by atoms with Crippen LogP contribution in [0.1, 0.15) is 52.3 Å². The fourth-order valence-electron chi connectivity index (χ4n) is 5.35. The molecule has 40 heavy (non-hydrogen) atoms. The highest BCUT2D eigenvalue weighted by Crippen LogP contribution is 2.34. The number of ether oxygens (including phenoxy) is 1. The van der Waals surface area contributed by atoms with Gasteiger partial charge < -0.3 is 19.6 Å². The van der Waals surface area contributed by atoms with E-state index < -0.39 is 17.8 Å². The van der Waals surface area contributed by atoms with Crippen molar-refractivity contribution in [2.24, 2.45) is 0 Å². The maximum absolute atomic E-state index is 15.1. The van der Waals surface area contributed by atoms with Gasteiger partial charge in [-0.15, -0.1) is 47.4 Å². The number of hydrogen-bond acceptors (Lipinski definition) is 7. The molecule has 8 nitrogen and oxygen atoms in total. The van der Waals surface area contributed by atoms with Gasteiger partial charge in [0.05, 0.1) is 5.69 Å². The van der Waals surface area contributed by atoms with E-state index >= 15 is 4.39 Å². The molecule has 218 valence electrons. The van der Waals surface area contributed by atoms with E-state index in [4.69, 9.17) is 4.74 Å². The van der Waals surface area contributed by atoms with Crippen LogP contribution in [-0.2, 0) is 6.42 Å². The summed E-state index contributed by atoms with van der Waals surface area (Å²) in [6.45, 7) is 11.8. The minimum Gasteiger partial charge on any atom is -0.506 e. The van der Waals surface area contributed by atoms with Gasteiger partial charge in [-0.05, 0) is 64.8 Å². The van der Waals surface area contributed by atoms with Gasteiger partial charge in [-0.25, -0.2) is 14.4 Å². The predicted octanol–water partition coefficient (Wildman–Crippen LogP) is 6.33. The van der Waals surface area contributed by atoms with Crippen LogP contribution in [0.15, 0.2) is 42.9 Å². The molecular formula is C28H36Cl3FN6O2. The highest BCUT2D eigenvalue weighted by atomic mass is 35.5. The average molecular weight is 614 g/mol. The van der Waals surface area contributed by atoms with E-state index in [2.05, 4.69) is 38.5 Å². The molecular weight excluding hydrogens is 578 g/mol. The topological polar surface area (TPSA) is 97.5 Å². The predicted molar refractivity (Wildman–Crippen MR) is 162 cm³/mol. The van der Waals surface area contributed by atoms with Gasteiger partial charge in [0.15, 0.2) is 6.17 Å². The van der Waals surface area contributed by atoms with E-state index in [1.807, 2.05) is 51.4 Å². The van der Waals surface area contributed by atoms with Crippen molar-refractivity contribution in [3.63, 3.8) is 0 Å². The Morgan fingerprint density at radius 2 is 1.80 bits per heavy atom. The quantitative estimate of drug-likeness (QED) is 0.271. The molecule has 0 saturated carbocycles. The molecule has 0 spiro atoms. The second-order valence-electron chi connectivity index (χ2n) is 11.1. The number of nitrogens with zero attached hydrogens (tertiary/aromatic N) is 5. The summed E-state index contributed by atoms with van der Waals surface area (Å²) in [5.74, 6) is 0.225. The molecule has 1 aliphatic heterocycles. The fourth-order valence-corrected chi connectivity index (χ4v) is 5.35. The third-order valence-corrected chi connectivity index (χ3v) is 6.87. The van der Waals surface area contributed by atoms with E-state index in [-0.39, 0.29) is 54.4 Å².